The lowest BCUT2D eigenvalue weighted by Crippen LogP contribution is -2.60. The highest BCUT2D eigenvalue weighted by molar-refractivity contribution is 5.93. The predicted octanol–water partition coefficient (Wildman–Crippen LogP) is -0.186. The summed E-state index contributed by atoms with van der Waals surface area (Å²) < 4.78 is 0. The van der Waals surface area contributed by atoms with E-state index in [0.29, 0.717) is 31.2 Å². The third kappa shape index (κ3) is 5.27. The molecule has 0 aliphatic heterocycles. The quantitative estimate of drug-likeness (QED) is 0.423. The van der Waals surface area contributed by atoms with Crippen LogP contribution >= 0.6 is 0 Å². The highest BCUT2D eigenvalue weighted by Gasteiger charge is 2.46. The van der Waals surface area contributed by atoms with Crippen LogP contribution in [0.1, 0.15) is 31.2 Å². The maximum atomic E-state index is 12.3. The van der Waals surface area contributed by atoms with E-state index in [9.17, 15) is 24.6 Å². The van der Waals surface area contributed by atoms with Gasteiger partial charge in [-0.15, -0.1) is 0 Å². The molecule has 1 aliphatic rings. The van der Waals surface area contributed by atoms with Crippen LogP contribution in [0.15, 0.2) is 30.3 Å². The maximum absolute atomic E-state index is 12.3. The van der Waals surface area contributed by atoms with Crippen molar-refractivity contribution in [2.24, 2.45) is 17.6 Å². The second-order valence-corrected chi connectivity index (χ2v) is 7.15. The fraction of sp³-hybridized carbons (Fsp3) is 0.526. The molecule has 8 nitrogen and oxygen atoms in total. The largest absolute Gasteiger partial charge is 0.481 e. The number of primary amides is 1. The number of rotatable bonds is 8. The number of benzene rings is 1. The Morgan fingerprint density at radius 1 is 1.15 bits per heavy atom. The first-order valence-corrected chi connectivity index (χ1v) is 8.99. The Morgan fingerprint density at radius 2 is 1.74 bits per heavy atom. The highest BCUT2D eigenvalue weighted by atomic mass is 16.4. The molecule has 2 rings (SSSR count). The van der Waals surface area contributed by atoms with Crippen molar-refractivity contribution in [2.45, 2.75) is 43.8 Å². The number of aliphatic carboxylic acids is 1. The van der Waals surface area contributed by atoms with Crippen molar-refractivity contribution in [1.29, 1.82) is 0 Å². The summed E-state index contributed by atoms with van der Waals surface area (Å²) in [5.74, 6) is -3.13. The van der Waals surface area contributed by atoms with Gasteiger partial charge in [0.1, 0.15) is 0 Å². The van der Waals surface area contributed by atoms with Gasteiger partial charge in [0, 0.05) is 13.0 Å². The predicted molar refractivity (Wildman–Crippen MR) is 96.4 cm³/mol. The standard InChI is InChI=1S/C19H26N2O6/c20-18(26)19(27,10-12-4-2-1-3-5-12)15(22)16(23)21-11-13-6-8-14(9-7-13)17(24)25/h1-5,13-15,22,27H,6-11H2,(H2,20,26)(H,21,23)(H,24,25). The number of carboxylic acids is 1. The van der Waals surface area contributed by atoms with E-state index in [1.54, 1.807) is 30.3 Å². The van der Waals surface area contributed by atoms with Gasteiger partial charge in [-0.3, -0.25) is 14.4 Å². The monoisotopic (exact) mass is 378 g/mol. The molecule has 0 heterocycles. The zero-order valence-corrected chi connectivity index (χ0v) is 15.0. The van der Waals surface area contributed by atoms with E-state index < -0.39 is 29.5 Å². The van der Waals surface area contributed by atoms with Gasteiger partial charge < -0.3 is 26.4 Å². The number of hydrogen-bond donors (Lipinski definition) is 5. The molecule has 8 heteroatoms. The number of hydrogen-bond acceptors (Lipinski definition) is 5. The second-order valence-electron chi connectivity index (χ2n) is 7.15. The number of aliphatic hydroxyl groups excluding tert-OH is 1. The summed E-state index contributed by atoms with van der Waals surface area (Å²) in [6.45, 7) is 0.239. The Morgan fingerprint density at radius 3 is 2.26 bits per heavy atom. The molecule has 1 fully saturated rings. The van der Waals surface area contributed by atoms with Crippen molar-refractivity contribution in [3.05, 3.63) is 35.9 Å². The number of nitrogens with one attached hydrogen (secondary N) is 1. The molecule has 1 aliphatic carbocycles. The summed E-state index contributed by atoms with van der Waals surface area (Å²) in [6.07, 6.45) is 0.0802. The number of carbonyl (C=O) groups is 3. The lowest BCUT2D eigenvalue weighted by molar-refractivity contribution is -0.160. The summed E-state index contributed by atoms with van der Waals surface area (Å²) in [5, 5.41) is 32.4. The lowest BCUT2D eigenvalue weighted by Gasteiger charge is -2.30. The normalized spacial score (nSPS) is 23.0. The van der Waals surface area contributed by atoms with E-state index in [-0.39, 0.29) is 24.8 Å². The van der Waals surface area contributed by atoms with Gasteiger partial charge in [0.15, 0.2) is 11.7 Å². The van der Waals surface area contributed by atoms with Gasteiger partial charge >= 0.3 is 5.97 Å². The molecule has 6 N–H and O–H groups in total. The van der Waals surface area contributed by atoms with Gasteiger partial charge in [0.05, 0.1) is 5.92 Å². The smallest absolute Gasteiger partial charge is 0.306 e. The van der Waals surface area contributed by atoms with Crippen molar-refractivity contribution >= 4 is 17.8 Å². The van der Waals surface area contributed by atoms with Crippen LogP contribution in [-0.2, 0) is 20.8 Å². The number of amides is 2. The Balaban J connectivity index is 1.93. The first kappa shape index (κ1) is 20.9. The van der Waals surface area contributed by atoms with Crippen molar-refractivity contribution in [3.63, 3.8) is 0 Å². The Labute approximate surface area is 157 Å². The molecule has 0 spiro atoms. The van der Waals surface area contributed by atoms with E-state index in [1.165, 1.54) is 0 Å². The summed E-state index contributed by atoms with van der Waals surface area (Å²) in [6, 6.07) is 8.47. The van der Waals surface area contributed by atoms with Gasteiger partial charge in [-0.05, 0) is 37.2 Å². The molecule has 1 saturated carbocycles. The molecule has 0 saturated heterocycles. The molecule has 0 radical (unpaired) electrons. The molecule has 1 aromatic rings. The lowest BCUT2D eigenvalue weighted by atomic mass is 9.82. The molecule has 148 valence electrons. The molecular weight excluding hydrogens is 352 g/mol. The molecular formula is C19H26N2O6. The molecule has 2 atom stereocenters. The van der Waals surface area contributed by atoms with Crippen LogP contribution in [0, 0.1) is 11.8 Å². The Bertz CT molecular complexity index is 672. The molecule has 27 heavy (non-hydrogen) atoms. The first-order chi connectivity index (χ1) is 12.7. The molecule has 0 bridgehead atoms. The summed E-state index contributed by atoms with van der Waals surface area (Å²) in [7, 11) is 0. The van der Waals surface area contributed by atoms with Crippen LogP contribution in [0.3, 0.4) is 0 Å². The molecule has 0 aromatic heterocycles. The minimum Gasteiger partial charge on any atom is -0.481 e. The number of nitrogens with two attached hydrogens (primary N) is 1. The van der Waals surface area contributed by atoms with E-state index in [2.05, 4.69) is 5.32 Å². The summed E-state index contributed by atoms with van der Waals surface area (Å²) >= 11 is 0. The third-order valence-corrected chi connectivity index (χ3v) is 5.20. The third-order valence-electron chi connectivity index (χ3n) is 5.20. The molecule has 2 unspecified atom stereocenters. The van der Waals surface area contributed by atoms with E-state index >= 15 is 0 Å². The molecule has 1 aromatic carbocycles. The number of carboxylic acid groups (broad SMARTS) is 1. The van der Waals surface area contributed by atoms with Gasteiger partial charge in [0.25, 0.3) is 11.8 Å². The summed E-state index contributed by atoms with van der Waals surface area (Å²) in [5.41, 5.74) is 3.38. The van der Waals surface area contributed by atoms with E-state index in [1.807, 2.05) is 0 Å². The molecule has 2 amide bonds. The first-order valence-electron chi connectivity index (χ1n) is 8.99. The minimum absolute atomic E-state index is 0.0903. The van der Waals surface area contributed by atoms with Gasteiger partial charge in [-0.1, -0.05) is 30.3 Å². The maximum Gasteiger partial charge on any atom is 0.306 e. The SMILES string of the molecule is NC(=O)C(O)(Cc1ccccc1)C(O)C(=O)NCC1CCC(C(=O)O)CC1. The van der Waals surface area contributed by atoms with Crippen LogP contribution in [-0.4, -0.2) is 51.4 Å². The average molecular weight is 378 g/mol. The topological polar surface area (TPSA) is 150 Å². The van der Waals surface area contributed by atoms with Crippen molar-refractivity contribution in [1.82, 2.24) is 5.32 Å². The van der Waals surface area contributed by atoms with Crippen LogP contribution < -0.4 is 11.1 Å². The number of aliphatic hydroxyl groups is 2. The van der Waals surface area contributed by atoms with Crippen molar-refractivity contribution in [3.8, 4) is 0 Å². The van der Waals surface area contributed by atoms with Crippen LogP contribution in [0.25, 0.3) is 0 Å². The zero-order chi connectivity index (χ0) is 20.0. The van der Waals surface area contributed by atoms with Crippen LogP contribution in [0.5, 0.6) is 0 Å². The minimum atomic E-state index is -2.42. The average Bonchev–Trinajstić information content (AvgIpc) is 2.66. The van der Waals surface area contributed by atoms with Crippen LogP contribution in [0.2, 0.25) is 0 Å². The van der Waals surface area contributed by atoms with E-state index in [4.69, 9.17) is 10.8 Å². The Kier molecular flexibility index (Phi) is 6.92. The number of carbonyl (C=O) groups excluding carboxylic acids is 2. The van der Waals surface area contributed by atoms with Gasteiger partial charge in [-0.25, -0.2) is 0 Å². The van der Waals surface area contributed by atoms with E-state index in [0.717, 1.165) is 0 Å². The fourth-order valence-corrected chi connectivity index (χ4v) is 3.40. The van der Waals surface area contributed by atoms with Crippen molar-refractivity contribution < 1.29 is 29.7 Å². The van der Waals surface area contributed by atoms with Crippen molar-refractivity contribution in [2.75, 3.05) is 6.54 Å². The fourth-order valence-electron chi connectivity index (χ4n) is 3.40. The van der Waals surface area contributed by atoms with Gasteiger partial charge in [0.2, 0.25) is 0 Å². The highest BCUT2D eigenvalue weighted by Crippen LogP contribution is 2.28. The van der Waals surface area contributed by atoms with Crippen LogP contribution in [0.4, 0.5) is 0 Å². The zero-order valence-electron chi connectivity index (χ0n) is 15.0. The Hall–Kier alpha value is -2.45. The second kappa shape index (κ2) is 8.96. The summed E-state index contributed by atoms with van der Waals surface area (Å²) in [4.78, 5) is 35.0. The van der Waals surface area contributed by atoms with Gasteiger partial charge in [-0.2, -0.15) is 0 Å².